The number of anilines is 2. The summed E-state index contributed by atoms with van der Waals surface area (Å²) in [5.41, 5.74) is 7.06. The normalized spacial score (nSPS) is 14.9. The number of nitrogens with zero attached hydrogens (tertiary/aromatic N) is 1. The smallest absolute Gasteiger partial charge is 0.255 e. The largest absolute Gasteiger partial charge is 0.348 e. The summed E-state index contributed by atoms with van der Waals surface area (Å²) >= 11 is 0. The average molecular weight is 483 g/mol. The number of carbonyl (C=O) groups excluding carboxylic acids is 3. The van der Waals surface area contributed by atoms with E-state index in [0.29, 0.717) is 30.5 Å². The second kappa shape index (κ2) is 10.3. The molecular weight excluding hydrogens is 452 g/mol. The maximum atomic E-state index is 12.9. The van der Waals surface area contributed by atoms with Gasteiger partial charge in [0.15, 0.2) is 0 Å². The maximum absolute atomic E-state index is 12.9. The second-order valence-electron chi connectivity index (χ2n) is 9.36. The third kappa shape index (κ3) is 5.31. The molecule has 0 saturated heterocycles. The zero-order valence-electron chi connectivity index (χ0n) is 20.4. The van der Waals surface area contributed by atoms with E-state index in [1.165, 1.54) is 11.1 Å². The molecule has 7 nitrogen and oxygen atoms in total. The molecule has 0 saturated carbocycles. The van der Waals surface area contributed by atoms with Crippen molar-refractivity contribution < 1.29 is 14.4 Å². The first-order valence-electron chi connectivity index (χ1n) is 12.4. The Morgan fingerprint density at radius 3 is 2.61 bits per heavy atom. The molecule has 3 amide bonds. The molecule has 3 N–H and O–H groups in total. The standard InChI is InChI=1S/C29H30N4O3/c1-2-33-13-12-20-6-9-25(16-24(20)18-33)31-29(36)22-5-3-4-19(14-22)17-30-28(35)23-7-10-26-21(15-23)8-11-27(34)32-26/h3-7,9-10,14-16H,2,8,11-13,17-18H2,1H3,(H,30,35)(H,31,36)(H,32,34). The Bertz CT molecular complexity index is 1330. The van der Waals surface area contributed by atoms with Crippen molar-refractivity contribution in [2.75, 3.05) is 23.7 Å². The summed E-state index contributed by atoms with van der Waals surface area (Å²) in [6, 6.07) is 18.7. The van der Waals surface area contributed by atoms with E-state index in [0.717, 1.165) is 48.6 Å². The molecule has 2 aliphatic rings. The van der Waals surface area contributed by atoms with Crippen LogP contribution in [0.2, 0.25) is 0 Å². The molecule has 7 heteroatoms. The molecule has 0 atom stereocenters. The van der Waals surface area contributed by atoms with E-state index in [4.69, 9.17) is 0 Å². The molecule has 3 aromatic rings. The van der Waals surface area contributed by atoms with Gasteiger partial charge in [0.05, 0.1) is 0 Å². The summed E-state index contributed by atoms with van der Waals surface area (Å²) in [6.45, 7) is 5.47. The summed E-state index contributed by atoms with van der Waals surface area (Å²) in [5.74, 6) is -0.374. The van der Waals surface area contributed by atoms with Gasteiger partial charge >= 0.3 is 0 Å². The van der Waals surface area contributed by atoms with Crippen LogP contribution in [-0.4, -0.2) is 35.7 Å². The second-order valence-corrected chi connectivity index (χ2v) is 9.36. The molecule has 0 radical (unpaired) electrons. The molecule has 0 aliphatic carbocycles. The van der Waals surface area contributed by atoms with Gasteiger partial charge in [-0.2, -0.15) is 0 Å². The number of hydrogen-bond acceptors (Lipinski definition) is 4. The van der Waals surface area contributed by atoms with Crippen LogP contribution in [0.25, 0.3) is 0 Å². The van der Waals surface area contributed by atoms with Crippen molar-refractivity contribution in [3.63, 3.8) is 0 Å². The third-order valence-corrected chi connectivity index (χ3v) is 6.91. The van der Waals surface area contributed by atoms with E-state index in [2.05, 4.69) is 39.9 Å². The fraction of sp³-hybridized carbons (Fsp3) is 0.276. The number of nitrogens with one attached hydrogen (secondary N) is 3. The summed E-state index contributed by atoms with van der Waals surface area (Å²) in [7, 11) is 0. The molecule has 0 spiro atoms. The van der Waals surface area contributed by atoms with Crippen LogP contribution in [-0.2, 0) is 30.7 Å². The predicted molar refractivity (Wildman–Crippen MR) is 140 cm³/mol. The van der Waals surface area contributed by atoms with Gasteiger partial charge in [0.2, 0.25) is 5.91 Å². The SMILES string of the molecule is CCN1CCc2ccc(NC(=O)c3cccc(CNC(=O)c4ccc5c(c4)CCC(=O)N5)c3)cc2C1. The van der Waals surface area contributed by atoms with Gasteiger partial charge in [0.25, 0.3) is 11.8 Å². The average Bonchev–Trinajstić information content (AvgIpc) is 2.91. The first-order valence-corrected chi connectivity index (χ1v) is 12.4. The van der Waals surface area contributed by atoms with Crippen molar-refractivity contribution in [3.8, 4) is 0 Å². The first-order chi connectivity index (χ1) is 17.5. The predicted octanol–water partition coefficient (Wildman–Crippen LogP) is 4.13. The first kappa shape index (κ1) is 23.8. The van der Waals surface area contributed by atoms with Crippen LogP contribution >= 0.6 is 0 Å². The van der Waals surface area contributed by atoms with Gasteiger partial charge in [-0.1, -0.05) is 25.1 Å². The van der Waals surface area contributed by atoms with Crippen LogP contribution in [0.3, 0.4) is 0 Å². The monoisotopic (exact) mass is 482 g/mol. The van der Waals surface area contributed by atoms with Gasteiger partial charge in [0, 0.05) is 48.6 Å². The number of carbonyl (C=O) groups is 3. The Morgan fingerprint density at radius 2 is 1.75 bits per heavy atom. The number of rotatable bonds is 6. The maximum Gasteiger partial charge on any atom is 0.255 e. The number of likely N-dealkylation sites (N-methyl/N-ethyl adjacent to an activating group) is 1. The highest BCUT2D eigenvalue weighted by molar-refractivity contribution is 6.04. The van der Waals surface area contributed by atoms with E-state index >= 15 is 0 Å². The van der Waals surface area contributed by atoms with Gasteiger partial charge in [-0.3, -0.25) is 19.3 Å². The molecule has 0 fully saturated rings. The van der Waals surface area contributed by atoms with Crippen molar-refractivity contribution in [1.29, 1.82) is 0 Å². The highest BCUT2D eigenvalue weighted by atomic mass is 16.2. The minimum Gasteiger partial charge on any atom is -0.348 e. The molecule has 36 heavy (non-hydrogen) atoms. The highest BCUT2D eigenvalue weighted by Gasteiger charge is 2.18. The number of fused-ring (bicyclic) bond motifs is 2. The third-order valence-electron chi connectivity index (χ3n) is 6.91. The summed E-state index contributed by atoms with van der Waals surface area (Å²) < 4.78 is 0. The molecule has 0 aromatic heterocycles. The van der Waals surface area contributed by atoms with Crippen LogP contribution in [0, 0.1) is 0 Å². The number of hydrogen-bond donors (Lipinski definition) is 3. The lowest BCUT2D eigenvalue weighted by atomic mass is 9.99. The van der Waals surface area contributed by atoms with Gasteiger partial charge < -0.3 is 16.0 Å². The fourth-order valence-electron chi connectivity index (χ4n) is 4.80. The van der Waals surface area contributed by atoms with Crippen molar-refractivity contribution >= 4 is 29.1 Å². The van der Waals surface area contributed by atoms with E-state index < -0.39 is 0 Å². The molecule has 0 bridgehead atoms. The van der Waals surface area contributed by atoms with Crippen molar-refractivity contribution in [1.82, 2.24) is 10.2 Å². The minimum atomic E-state index is -0.195. The van der Waals surface area contributed by atoms with Crippen LogP contribution in [0.15, 0.2) is 60.7 Å². The van der Waals surface area contributed by atoms with E-state index in [9.17, 15) is 14.4 Å². The summed E-state index contributed by atoms with van der Waals surface area (Å²) in [5, 5.41) is 8.77. The van der Waals surface area contributed by atoms with E-state index in [-0.39, 0.29) is 17.7 Å². The van der Waals surface area contributed by atoms with Gasteiger partial charge in [-0.15, -0.1) is 0 Å². The number of amides is 3. The molecule has 0 unspecified atom stereocenters. The van der Waals surface area contributed by atoms with Crippen LogP contribution in [0.5, 0.6) is 0 Å². The lowest BCUT2D eigenvalue weighted by Gasteiger charge is -2.27. The molecule has 2 heterocycles. The molecule has 2 aliphatic heterocycles. The quantitative estimate of drug-likeness (QED) is 0.493. The van der Waals surface area contributed by atoms with E-state index in [1.807, 2.05) is 24.3 Å². The van der Waals surface area contributed by atoms with Gasteiger partial charge in [-0.05, 0) is 84.1 Å². The summed E-state index contributed by atoms with van der Waals surface area (Å²) in [6.07, 6.45) is 2.09. The Hall–Kier alpha value is -3.97. The van der Waals surface area contributed by atoms with E-state index in [1.54, 1.807) is 24.3 Å². The molecule has 5 rings (SSSR count). The fourth-order valence-corrected chi connectivity index (χ4v) is 4.80. The minimum absolute atomic E-state index is 0.00150. The van der Waals surface area contributed by atoms with Crippen molar-refractivity contribution in [3.05, 3.63) is 94.0 Å². The van der Waals surface area contributed by atoms with Crippen LogP contribution in [0.4, 0.5) is 11.4 Å². The zero-order valence-corrected chi connectivity index (χ0v) is 20.4. The number of aryl methyl sites for hydroxylation is 1. The summed E-state index contributed by atoms with van der Waals surface area (Å²) in [4.78, 5) is 39.6. The van der Waals surface area contributed by atoms with Crippen molar-refractivity contribution in [2.24, 2.45) is 0 Å². The lowest BCUT2D eigenvalue weighted by molar-refractivity contribution is -0.116. The lowest BCUT2D eigenvalue weighted by Crippen LogP contribution is -2.30. The Kier molecular flexibility index (Phi) is 6.82. The Labute approximate surface area is 210 Å². The Morgan fingerprint density at radius 1 is 0.889 bits per heavy atom. The van der Waals surface area contributed by atoms with Crippen LogP contribution in [0.1, 0.15) is 56.3 Å². The molecular formula is C29H30N4O3. The zero-order chi connectivity index (χ0) is 25.1. The van der Waals surface area contributed by atoms with Gasteiger partial charge in [0.1, 0.15) is 0 Å². The number of benzene rings is 3. The highest BCUT2D eigenvalue weighted by Crippen LogP contribution is 2.24. The molecule has 184 valence electrons. The molecule has 3 aromatic carbocycles. The van der Waals surface area contributed by atoms with Crippen molar-refractivity contribution in [2.45, 2.75) is 39.3 Å². The topological polar surface area (TPSA) is 90.5 Å². The Balaban J connectivity index is 1.21. The van der Waals surface area contributed by atoms with Crippen LogP contribution < -0.4 is 16.0 Å². The van der Waals surface area contributed by atoms with Gasteiger partial charge in [-0.25, -0.2) is 0 Å².